The first kappa shape index (κ1) is 15.7. The van der Waals surface area contributed by atoms with Gasteiger partial charge in [0.15, 0.2) is 0 Å². The molecular formula is C15H16F2N2OS. The Kier molecular flexibility index (Phi) is 5.52. The molecule has 1 aromatic heterocycles. The quantitative estimate of drug-likeness (QED) is 0.649. The van der Waals surface area contributed by atoms with Gasteiger partial charge >= 0.3 is 0 Å². The number of benzene rings is 1. The maximum Gasteiger partial charge on any atom is 0.261 e. The van der Waals surface area contributed by atoms with Crippen molar-refractivity contribution in [2.75, 3.05) is 13.2 Å². The van der Waals surface area contributed by atoms with Gasteiger partial charge in [-0.25, -0.2) is 13.8 Å². The van der Waals surface area contributed by atoms with E-state index in [9.17, 15) is 8.78 Å². The summed E-state index contributed by atoms with van der Waals surface area (Å²) in [5.41, 5.74) is 2.81. The summed E-state index contributed by atoms with van der Waals surface area (Å²) in [6, 6.07) is 9.78. The van der Waals surface area contributed by atoms with Crippen LogP contribution in [0.15, 0.2) is 30.3 Å². The highest BCUT2D eigenvalue weighted by Gasteiger charge is 2.08. The second-order valence-electron chi connectivity index (χ2n) is 4.57. The third-order valence-electron chi connectivity index (χ3n) is 2.99. The lowest BCUT2D eigenvalue weighted by Gasteiger charge is -2.10. The third kappa shape index (κ3) is 4.41. The largest absolute Gasteiger partial charge is 0.375 e. The Morgan fingerprint density at radius 3 is 2.67 bits per heavy atom. The summed E-state index contributed by atoms with van der Waals surface area (Å²) in [5, 5.41) is 0. The first-order chi connectivity index (χ1) is 10.1. The lowest BCUT2D eigenvalue weighted by molar-refractivity contribution is 0.0183. The lowest BCUT2D eigenvalue weighted by atomic mass is 10.1. The zero-order chi connectivity index (χ0) is 15.2. The van der Waals surface area contributed by atoms with E-state index in [1.54, 1.807) is 0 Å². The van der Waals surface area contributed by atoms with Gasteiger partial charge < -0.3 is 9.72 Å². The molecule has 112 valence electrons. The van der Waals surface area contributed by atoms with E-state index in [1.165, 1.54) is 0 Å². The normalized spacial score (nSPS) is 11.0. The van der Waals surface area contributed by atoms with E-state index in [2.05, 4.69) is 9.97 Å². The number of halogens is 2. The number of alkyl halides is 2. The summed E-state index contributed by atoms with van der Waals surface area (Å²) < 4.78 is 29.4. The molecule has 0 saturated carbocycles. The number of ether oxygens (including phenoxy) is 1. The van der Waals surface area contributed by atoms with Crippen LogP contribution >= 0.6 is 12.2 Å². The Hall–Kier alpha value is -1.66. The summed E-state index contributed by atoms with van der Waals surface area (Å²) >= 11 is 5.26. The molecule has 2 aromatic rings. The number of H-pyrrole nitrogens is 1. The Morgan fingerprint density at radius 1 is 1.29 bits per heavy atom. The number of rotatable bonds is 6. The van der Waals surface area contributed by atoms with Gasteiger partial charge in [0.2, 0.25) is 0 Å². The summed E-state index contributed by atoms with van der Waals surface area (Å²) in [4.78, 5) is 7.48. The van der Waals surface area contributed by atoms with Gasteiger partial charge in [0.25, 0.3) is 6.43 Å². The maximum absolute atomic E-state index is 12.0. The molecule has 0 spiro atoms. The fraction of sp³-hybridized carbons (Fsp3) is 0.333. The highest BCUT2D eigenvalue weighted by molar-refractivity contribution is 7.71. The molecule has 0 aliphatic carbocycles. The van der Waals surface area contributed by atoms with Crippen molar-refractivity contribution in [3.8, 4) is 11.3 Å². The molecule has 21 heavy (non-hydrogen) atoms. The Balaban J connectivity index is 2.17. The second kappa shape index (κ2) is 7.38. The van der Waals surface area contributed by atoms with E-state index < -0.39 is 13.0 Å². The zero-order valence-corrected chi connectivity index (χ0v) is 12.4. The molecule has 0 bridgehead atoms. The molecule has 0 amide bonds. The minimum atomic E-state index is -2.45. The molecular weight excluding hydrogens is 294 g/mol. The van der Waals surface area contributed by atoms with Crippen molar-refractivity contribution in [1.82, 2.24) is 9.97 Å². The molecule has 0 unspecified atom stereocenters. The summed E-state index contributed by atoms with van der Waals surface area (Å²) in [5.74, 6) is 0.638. The van der Waals surface area contributed by atoms with Crippen LogP contribution in [0.5, 0.6) is 0 Å². The van der Waals surface area contributed by atoms with Crippen molar-refractivity contribution in [1.29, 1.82) is 0 Å². The Labute approximate surface area is 127 Å². The van der Waals surface area contributed by atoms with Crippen LogP contribution in [0.4, 0.5) is 8.78 Å². The third-order valence-corrected chi connectivity index (χ3v) is 3.39. The maximum atomic E-state index is 12.0. The Morgan fingerprint density at radius 2 is 2.00 bits per heavy atom. The molecule has 0 atom stereocenters. The van der Waals surface area contributed by atoms with Gasteiger partial charge in [-0.2, -0.15) is 0 Å². The van der Waals surface area contributed by atoms with Crippen LogP contribution < -0.4 is 0 Å². The molecule has 2 rings (SSSR count). The summed E-state index contributed by atoms with van der Waals surface area (Å²) in [6.45, 7) is 1.53. The fourth-order valence-electron chi connectivity index (χ4n) is 1.93. The van der Waals surface area contributed by atoms with Gasteiger partial charge in [-0.15, -0.1) is 0 Å². The van der Waals surface area contributed by atoms with E-state index in [0.29, 0.717) is 16.9 Å². The van der Waals surface area contributed by atoms with Gasteiger partial charge in [0.05, 0.1) is 12.3 Å². The average molecular weight is 310 g/mol. The minimum absolute atomic E-state index is 0.180. The number of hydrogen-bond donors (Lipinski definition) is 1. The molecule has 1 aromatic carbocycles. The lowest BCUT2D eigenvalue weighted by Crippen LogP contribution is -2.09. The summed E-state index contributed by atoms with van der Waals surface area (Å²) in [6.07, 6.45) is -2.04. The van der Waals surface area contributed by atoms with Gasteiger partial charge in [0.1, 0.15) is 17.1 Å². The molecule has 0 saturated heterocycles. The molecule has 0 fully saturated rings. The first-order valence-corrected chi connectivity index (χ1v) is 7.00. The zero-order valence-electron chi connectivity index (χ0n) is 11.6. The number of nitrogens with one attached hydrogen (secondary N) is 1. The second-order valence-corrected chi connectivity index (χ2v) is 4.96. The van der Waals surface area contributed by atoms with Crippen molar-refractivity contribution in [3.63, 3.8) is 0 Å². The van der Waals surface area contributed by atoms with Crippen molar-refractivity contribution >= 4 is 12.2 Å². The monoisotopic (exact) mass is 310 g/mol. The Bertz CT molecular complexity index is 644. The topological polar surface area (TPSA) is 37.9 Å². The molecule has 3 nitrogen and oxygen atoms in total. The minimum Gasteiger partial charge on any atom is -0.375 e. The van der Waals surface area contributed by atoms with Crippen LogP contribution in [0.25, 0.3) is 11.3 Å². The van der Waals surface area contributed by atoms with Crippen molar-refractivity contribution < 1.29 is 13.5 Å². The fourth-order valence-corrected chi connectivity index (χ4v) is 2.14. The number of hydrogen-bond acceptors (Lipinski definition) is 3. The molecule has 0 aliphatic rings. The van der Waals surface area contributed by atoms with Crippen LogP contribution in [-0.2, 0) is 11.2 Å². The van der Waals surface area contributed by atoms with Gasteiger partial charge in [-0.1, -0.05) is 42.5 Å². The predicted molar refractivity (Wildman–Crippen MR) is 80.1 cm³/mol. The highest BCUT2D eigenvalue weighted by Crippen LogP contribution is 2.21. The van der Waals surface area contributed by atoms with E-state index in [1.807, 2.05) is 37.3 Å². The SMILES string of the molecule is Cc1c(-c2ccccc2)[nH]c(CCOCC(F)F)nc1=S. The number of aromatic amines is 1. The predicted octanol–water partition coefficient (Wildman–Crippen LogP) is 3.94. The molecule has 0 aliphatic heterocycles. The van der Waals surface area contributed by atoms with Crippen LogP contribution in [-0.4, -0.2) is 29.6 Å². The molecule has 1 heterocycles. The van der Waals surface area contributed by atoms with Gasteiger partial charge in [-0.05, 0) is 12.5 Å². The number of aromatic nitrogens is 2. The first-order valence-electron chi connectivity index (χ1n) is 6.59. The van der Waals surface area contributed by atoms with Crippen LogP contribution in [0, 0.1) is 11.6 Å². The van der Waals surface area contributed by atoms with Crippen molar-refractivity contribution in [3.05, 3.63) is 46.4 Å². The average Bonchev–Trinajstić information content (AvgIpc) is 2.47. The van der Waals surface area contributed by atoms with Gasteiger partial charge in [0, 0.05) is 12.0 Å². The van der Waals surface area contributed by atoms with Gasteiger partial charge in [-0.3, -0.25) is 0 Å². The molecule has 1 N–H and O–H groups in total. The summed E-state index contributed by atoms with van der Waals surface area (Å²) in [7, 11) is 0. The standard InChI is InChI=1S/C15H16F2N2OS/c1-10-14(11-5-3-2-4-6-11)18-13(19-15(10)21)7-8-20-9-12(16)17/h2-6,12H,7-9H2,1H3,(H,18,19,21). The van der Waals surface area contributed by atoms with Crippen LogP contribution in [0.3, 0.4) is 0 Å². The van der Waals surface area contributed by atoms with Crippen molar-refractivity contribution in [2.24, 2.45) is 0 Å². The number of nitrogens with zero attached hydrogens (tertiary/aromatic N) is 1. The molecule has 0 radical (unpaired) electrons. The van der Waals surface area contributed by atoms with Crippen LogP contribution in [0.2, 0.25) is 0 Å². The van der Waals surface area contributed by atoms with Crippen LogP contribution in [0.1, 0.15) is 11.4 Å². The molecule has 6 heteroatoms. The van der Waals surface area contributed by atoms with E-state index in [-0.39, 0.29) is 6.61 Å². The smallest absolute Gasteiger partial charge is 0.261 e. The van der Waals surface area contributed by atoms with E-state index >= 15 is 0 Å². The van der Waals surface area contributed by atoms with E-state index in [0.717, 1.165) is 16.8 Å². The highest BCUT2D eigenvalue weighted by atomic mass is 32.1. The van der Waals surface area contributed by atoms with Crippen molar-refractivity contribution in [2.45, 2.75) is 19.8 Å². The van der Waals surface area contributed by atoms with E-state index in [4.69, 9.17) is 17.0 Å².